The Kier molecular flexibility index (Phi) is 4.06. The third-order valence-corrected chi connectivity index (χ3v) is 2.44. The van der Waals surface area contributed by atoms with Crippen LogP contribution in [0, 0.1) is 10.1 Å². The Hall–Kier alpha value is -2.74. The van der Waals surface area contributed by atoms with Crippen LogP contribution in [-0.2, 0) is 0 Å². The number of halogens is 1. The Balaban J connectivity index is 2.14. The van der Waals surface area contributed by atoms with Crippen LogP contribution in [0.4, 0.5) is 11.5 Å². The maximum atomic E-state index is 11.7. The van der Waals surface area contributed by atoms with Gasteiger partial charge in [0.1, 0.15) is 0 Å². The molecule has 2 aromatic rings. The van der Waals surface area contributed by atoms with Crippen molar-refractivity contribution < 1.29 is 10.0 Å². The van der Waals surface area contributed by atoms with Gasteiger partial charge >= 0.3 is 0 Å². The standard InChI is InChI=1S/C11H8ClN5O3/c12-9-4-5-10(16-14-9)15-13-6-7-2-1-3-8(11(7)18)17(19)20/h1-6,18H,(H,15,16)/p-1/b13-6-. The lowest BCUT2D eigenvalue weighted by Crippen LogP contribution is -2.02. The van der Waals surface area contributed by atoms with E-state index in [-0.39, 0.29) is 10.7 Å². The highest BCUT2D eigenvalue weighted by Gasteiger charge is 2.07. The number of para-hydroxylation sites is 1. The van der Waals surface area contributed by atoms with Gasteiger partial charge in [-0.15, -0.1) is 10.2 Å². The lowest BCUT2D eigenvalue weighted by Gasteiger charge is -2.09. The van der Waals surface area contributed by atoms with E-state index in [1.54, 1.807) is 0 Å². The van der Waals surface area contributed by atoms with Crippen LogP contribution in [0.25, 0.3) is 0 Å². The van der Waals surface area contributed by atoms with Gasteiger partial charge < -0.3 is 5.11 Å². The Bertz CT molecular complexity index is 660. The summed E-state index contributed by atoms with van der Waals surface area (Å²) in [7, 11) is 0. The topological polar surface area (TPSA) is 116 Å². The third-order valence-electron chi connectivity index (χ3n) is 2.24. The molecule has 0 aliphatic carbocycles. The number of nitrogens with zero attached hydrogens (tertiary/aromatic N) is 4. The Morgan fingerprint density at radius 1 is 1.30 bits per heavy atom. The quantitative estimate of drug-likeness (QED) is 0.519. The van der Waals surface area contributed by atoms with E-state index in [0.717, 1.165) is 6.07 Å². The zero-order valence-corrected chi connectivity index (χ0v) is 10.6. The van der Waals surface area contributed by atoms with Crippen LogP contribution in [0.2, 0.25) is 5.15 Å². The van der Waals surface area contributed by atoms with E-state index in [2.05, 4.69) is 20.7 Å². The van der Waals surface area contributed by atoms with Crippen molar-refractivity contribution in [2.24, 2.45) is 5.10 Å². The third kappa shape index (κ3) is 3.18. The van der Waals surface area contributed by atoms with Gasteiger partial charge in [0.05, 0.1) is 11.1 Å². The van der Waals surface area contributed by atoms with E-state index in [1.165, 1.54) is 30.5 Å². The molecular formula is C11H7ClN5O3-. The van der Waals surface area contributed by atoms with Crippen molar-refractivity contribution in [2.45, 2.75) is 0 Å². The summed E-state index contributed by atoms with van der Waals surface area (Å²) in [5.74, 6) is -0.381. The van der Waals surface area contributed by atoms with Crippen LogP contribution in [0.1, 0.15) is 5.56 Å². The highest BCUT2D eigenvalue weighted by atomic mass is 35.5. The number of nitrogens with one attached hydrogen (secondary N) is 1. The van der Waals surface area contributed by atoms with Crippen molar-refractivity contribution in [1.29, 1.82) is 0 Å². The number of hydrogen-bond donors (Lipinski definition) is 1. The molecule has 0 aliphatic rings. The minimum Gasteiger partial charge on any atom is -0.867 e. The molecule has 0 fully saturated rings. The highest BCUT2D eigenvalue weighted by Crippen LogP contribution is 2.25. The molecule has 2 rings (SSSR count). The molecule has 20 heavy (non-hydrogen) atoms. The maximum absolute atomic E-state index is 11.7. The molecule has 0 saturated heterocycles. The molecule has 0 aliphatic heterocycles. The summed E-state index contributed by atoms with van der Waals surface area (Å²) < 4.78 is 0. The minimum atomic E-state index is -0.738. The smallest absolute Gasteiger partial charge is 0.262 e. The number of rotatable bonds is 4. The average molecular weight is 293 g/mol. The molecule has 1 aromatic carbocycles. The predicted octanol–water partition coefficient (Wildman–Crippen LogP) is 1.56. The van der Waals surface area contributed by atoms with Crippen LogP contribution in [0.5, 0.6) is 5.75 Å². The molecule has 0 amide bonds. The van der Waals surface area contributed by atoms with Crippen LogP contribution < -0.4 is 10.5 Å². The molecule has 9 heteroatoms. The van der Waals surface area contributed by atoms with E-state index < -0.39 is 16.4 Å². The number of nitro benzene ring substituents is 1. The van der Waals surface area contributed by atoms with Crippen molar-refractivity contribution in [1.82, 2.24) is 10.2 Å². The van der Waals surface area contributed by atoms with E-state index in [1.807, 2.05) is 0 Å². The SMILES string of the molecule is O=[N+]([O-])c1cccc(/C=N\Nc2ccc(Cl)nn2)c1[O-]. The van der Waals surface area contributed by atoms with E-state index in [0.29, 0.717) is 5.82 Å². The van der Waals surface area contributed by atoms with Gasteiger partial charge in [0.15, 0.2) is 11.0 Å². The molecule has 0 spiro atoms. The van der Waals surface area contributed by atoms with Crippen LogP contribution in [0.3, 0.4) is 0 Å². The van der Waals surface area contributed by atoms with Crippen molar-refractivity contribution in [3.8, 4) is 5.75 Å². The van der Waals surface area contributed by atoms with E-state index >= 15 is 0 Å². The average Bonchev–Trinajstić information content (AvgIpc) is 2.42. The zero-order valence-electron chi connectivity index (χ0n) is 9.86. The molecule has 0 saturated carbocycles. The molecule has 1 aromatic heterocycles. The second kappa shape index (κ2) is 5.93. The Morgan fingerprint density at radius 2 is 2.10 bits per heavy atom. The summed E-state index contributed by atoms with van der Waals surface area (Å²) in [6.07, 6.45) is 1.17. The molecule has 0 bridgehead atoms. The normalized spacial score (nSPS) is 10.7. The van der Waals surface area contributed by atoms with Gasteiger partial charge in [-0.3, -0.25) is 15.5 Å². The van der Waals surface area contributed by atoms with Gasteiger partial charge in [-0.2, -0.15) is 5.10 Å². The van der Waals surface area contributed by atoms with Crippen molar-refractivity contribution in [3.05, 3.63) is 51.2 Å². The molecule has 8 nitrogen and oxygen atoms in total. The molecule has 0 atom stereocenters. The second-order valence-electron chi connectivity index (χ2n) is 3.56. The first-order chi connectivity index (χ1) is 9.58. The van der Waals surface area contributed by atoms with Crippen molar-refractivity contribution in [3.63, 3.8) is 0 Å². The summed E-state index contributed by atoms with van der Waals surface area (Å²) in [4.78, 5) is 9.88. The van der Waals surface area contributed by atoms with Crippen molar-refractivity contribution in [2.75, 3.05) is 5.43 Å². The van der Waals surface area contributed by atoms with Gasteiger partial charge in [0, 0.05) is 6.07 Å². The summed E-state index contributed by atoms with van der Waals surface area (Å²) in [6, 6.07) is 7.02. The van der Waals surface area contributed by atoms with Crippen LogP contribution >= 0.6 is 11.6 Å². The lowest BCUT2D eigenvalue weighted by atomic mass is 10.2. The molecule has 102 valence electrons. The summed E-state index contributed by atoms with van der Waals surface area (Å²) in [5.41, 5.74) is 2.12. The van der Waals surface area contributed by atoms with E-state index in [4.69, 9.17) is 11.6 Å². The summed E-state index contributed by atoms with van der Waals surface area (Å²) in [6.45, 7) is 0. The van der Waals surface area contributed by atoms with Crippen LogP contribution in [0.15, 0.2) is 35.4 Å². The predicted molar refractivity (Wildman–Crippen MR) is 70.8 cm³/mol. The zero-order chi connectivity index (χ0) is 14.5. The first kappa shape index (κ1) is 13.7. The number of benzene rings is 1. The number of aromatic nitrogens is 2. The highest BCUT2D eigenvalue weighted by molar-refractivity contribution is 6.29. The number of hydrazone groups is 1. The maximum Gasteiger partial charge on any atom is 0.262 e. The Morgan fingerprint density at radius 3 is 2.75 bits per heavy atom. The van der Waals surface area contributed by atoms with Gasteiger partial charge in [-0.1, -0.05) is 23.7 Å². The molecule has 0 unspecified atom stereocenters. The fourth-order valence-electron chi connectivity index (χ4n) is 1.33. The number of hydrogen-bond acceptors (Lipinski definition) is 7. The van der Waals surface area contributed by atoms with E-state index in [9.17, 15) is 15.2 Å². The van der Waals surface area contributed by atoms with Gasteiger partial charge in [0.25, 0.3) is 5.69 Å². The van der Waals surface area contributed by atoms with Crippen LogP contribution in [-0.4, -0.2) is 21.3 Å². The molecule has 1 heterocycles. The molecular weight excluding hydrogens is 286 g/mol. The molecule has 0 radical (unpaired) electrons. The largest absolute Gasteiger partial charge is 0.867 e. The van der Waals surface area contributed by atoms with Gasteiger partial charge in [-0.25, -0.2) is 0 Å². The monoisotopic (exact) mass is 292 g/mol. The molecule has 1 N–H and O–H groups in total. The Labute approximate surface area is 117 Å². The van der Waals surface area contributed by atoms with Gasteiger partial charge in [-0.05, 0) is 23.4 Å². The summed E-state index contributed by atoms with van der Waals surface area (Å²) >= 11 is 5.56. The van der Waals surface area contributed by atoms with Crippen molar-refractivity contribution >= 4 is 29.3 Å². The number of anilines is 1. The first-order valence-corrected chi connectivity index (χ1v) is 5.68. The lowest BCUT2D eigenvalue weighted by molar-refractivity contribution is -0.398. The minimum absolute atomic E-state index is 0.0913. The van der Waals surface area contributed by atoms with Gasteiger partial charge in [0.2, 0.25) is 0 Å². The second-order valence-corrected chi connectivity index (χ2v) is 3.95. The summed E-state index contributed by atoms with van der Waals surface area (Å²) in [5, 5.41) is 33.6. The first-order valence-electron chi connectivity index (χ1n) is 5.30. The fraction of sp³-hybridized carbons (Fsp3) is 0. The number of nitro groups is 1. The fourth-order valence-corrected chi connectivity index (χ4v) is 1.43.